The van der Waals surface area contributed by atoms with E-state index in [1.165, 1.54) is 4.68 Å². The number of hydrogen-bond donors (Lipinski definition) is 0. The Kier molecular flexibility index (Phi) is 2.69. The first-order chi connectivity index (χ1) is 7.86. The largest absolute Gasteiger partial charge is 0.296 e. The molecule has 0 aliphatic carbocycles. The van der Waals surface area contributed by atoms with E-state index in [1.54, 1.807) is 24.5 Å². The molecule has 0 atom stereocenters. The van der Waals surface area contributed by atoms with Crippen LogP contribution in [0.25, 0.3) is 11.3 Å². The molecule has 6 nitrogen and oxygen atoms in total. The van der Waals surface area contributed by atoms with Crippen LogP contribution in [0.2, 0.25) is 0 Å². The molecule has 0 saturated heterocycles. The smallest absolute Gasteiger partial charge is 0.172 e. The van der Waals surface area contributed by atoms with Gasteiger partial charge in [-0.3, -0.25) is 9.78 Å². The van der Waals surface area contributed by atoms with Gasteiger partial charge in [0, 0.05) is 18.0 Å². The fourth-order valence-corrected chi connectivity index (χ4v) is 1.38. The van der Waals surface area contributed by atoms with Crippen molar-refractivity contribution in [1.82, 2.24) is 20.0 Å². The maximum Gasteiger partial charge on any atom is 0.172 e. The van der Waals surface area contributed by atoms with Crippen LogP contribution in [0.4, 0.5) is 0 Å². The van der Waals surface area contributed by atoms with E-state index >= 15 is 0 Å². The summed E-state index contributed by atoms with van der Waals surface area (Å²) in [6, 6.07) is 5.48. The second-order valence-electron chi connectivity index (χ2n) is 3.00. The third-order valence-electron chi connectivity index (χ3n) is 2.03. The molecule has 6 heteroatoms. The molecule has 0 N–H and O–H groups in total. The molecule has 0 aromatic carbocycles. The third-order valence-corrected chi connectivity index (χ3v) is 2.03. The van der Waals surface area contributed by atoms with Crippen molar-refractivity contribution in [2.24, 2.45) is 0 Å². The second-order valence-corrected chi connectivity index (χ2v) is 3.00. The molecule has 0 spiro atoms. The zero-order valence-electron chi connectivity index (χ0n) is 8.24. The Labute approximate surface area is 91.2 Å². The van der Waals surface area contributed by atoms with Crippen molar-refractivity contribution >= 4 is 6.29 Å². The standard InChI is InChI=1S/C10H7N5O/c11-3-5-15-10(9(7-16)13-14-15)8-2-1-4-12-6-8/h1-2,4,6-7H,5H2. The number of carbonyl (C=O) groups is 1. The SMILES string of the molecule is N#CCn1nnc(C=O)c1-c1cccnc1. The van der Waals surface area contributed by atoms with E-state index in [9.17, 15) is 4.79 Å². The first-order valence-electron chi connectivity index (χ1n) is 4.53. The number of pyridine rings is 1. The number of carbonyl (C=O) groups excluding carboxylic acids is 1. The van der Waals surface area contributed by atoms with Gasteiger partial charge in [-0.05, 0) is 12.1 Å². The molecule has 0 amide bonds. The van der Waals surface area contributed by atoms with Crippen LogP contribution in [0.5, 0.6) is 0 Å². The quantitative estimate of drug-likeness (QED) is 0.700. The molecule has 0 radical (unpaired) electrons. The summed E-state index contributed by atoms with van der Waals surface area (Å²) in [5, 5.41) is 16.1. The van der Waals surface area contributed by atoms with Crippen molar-refractivity contribution in [1.29, 1.82) is 5.26 Å². The van der Waals surface area contributed by atoms with E-state index in [0.29, 0.717) is 17.5 Å². The summed E-state index contributed by atoms with van der Waals surface area (Å²) >= 11 is 0. The lowest BCUT2D eigenvalue weighted by Crippen LogP contribution is -2.01. The van der Waals surface area contributed by atoms with Crippen molar-refractivity contribution < 1.29 is 4.79 Å². The summed E-state index contributed by atoms with van der Waals surface area (Å²) in [6.07, 6.45) is 3.84. The molecule has 0 bridgehead atoms. The summed E-state index contributed by atoms with van der Waals surface area (Å²) < 4.78 is 1.38. The lowest BCUT2D eigenvalue weighted by molar-refractivity contribution is 0.111. The minimum absolute atomic E-state index is 0.0467. The van der Waals surface area contributed by atoms with Crippen molar-refractivity contribution in [2.75, 3.05) is 0 Å². The van der Waals surface area contributed by atoms with Crippen LogP contribution in [0.15, 0.2) is 24.5 Å². The first kappa shape index (κ1) is 9.98. The molecule has 2 heterocycles. The molecule has 0 aliphatic rings. The van der Waals surface area contributed by atoms with Gasteiger partial charge < -0.3 is 0 Å². The minimum atomic E-state index is 0.0467. The summed E-state index contributed by atoms with van der Waals surface area (Å²) in [7, 11) is 0. The van der Waals surface area contributed by atoms with E-state index < -0.39 is 0 Å². The highest BCUT2D eigenvalue weighted by molar-refractivity contribution is 5.82. The van der Waals surface area contributed by atoms with E-state index in [4.69, 9.17) is 5.26 Å². The van der Waals surface area contributed by atoms with Gasteiger partial charge >= 0.3 is 0 Å². The van der Waals surface area contributed by atoms with Gasteiger partial charge in [-0.15, -0.1) is 5.10 Å². The Hall–Kier alpha value is -2.55. The number of aromatic nitrogens is 4. The maximum absolute atomic E-state index is 10.8. The van der Waals surface area contributed by atoms with Crippen LogP contribution < -0.4 is 0 Å². The van der Waals surface area contributed by atoms with Crippen LogP contribution in [0, 0.1) is 11.3 Å². The van der Waals surface area contributed by atoms with Gasteiger partial charge in [0.2, 0.25) is 0 Å². The molecular formula is C10H7N5O. The highest BCUT2D eigenvalue weighted by atomic mass is 16.1. The number of nitriles is 1. The van der Waals surface area contributed by atoms with E-state index in [0.717, 1.165) is 0 Å². The summed E-state index contributed by atoms with van der Waals surface area (Å²) in [5.41, 5.74) is 1.44. The highest BCUT2D eigenvalue weighted by Gasteiger charge is 2.13. The second kappa shape index (κ2) is 4.31. The average Bonchev–Trinajstić information content (AvgIpc) is 2.74. The predicted octanol–water partition coefficient (Wildman–Crippen LogP) is 0.676. The van der Waals surface area contributed by atoms with Gasteiger partial charge in [0.15, 0.2) is 12.0 Å². The Balaban J connectivity index is 2.58. The van der Waals surface area contributed by atoms with E-state index in [-0.39, 0.29) is 12.2 Å². The van der Waals surface area contributed by atoms with Crippen molar-refractivity contribution in [3.05, 3.63) is 30.2 Å². The predicted molar refractivity (Wildman–Crippen MR) is 54.3 cm³/mol. The minimum Gasteiger partial charge on any atom is -0.296 e. The fraction of sp³-hybridized carbons (Fsp3) is 0.100. The Morgan fingerprint density at radius 3 is 3.06 bits per heavy atom. The zero-order valence-corrected chi connectivity index (χ0v) is 8.24. The normalized spacial score (nSPS) is 9.69. The van der Waals surface area contributed by atoms with Gasteiger partial charge in [0.05, 0.1) is 6.07 Å². The fourth-order valence-electron chi connectivity index (χ4n) is 1.38. The number of nitrogens with zero attached hydrogens (tertiary/aromatic N) is 5. The Bertz CT molecular complexity index is 540. The van der Waals surface area contributed by atoms with Crippen molar-refractivity contribution in [3.8, 4) is 17.3 Å². The van der Waals surface area contributed by atoms with Crippen LogP contribution in [-0.2, 0) is 6.54 Å². The van der Waals surface area contributed by atoms with E-state index in [1.807, 2.05) is 6.07 Å². The molecule has 2 aromatic heterocycles. The van der Waals surface area contributed by atoms with Crippen LogP contribution in [0.1, 0.15) is 10.5 Å². The molecule has 16 heavy (non-hydrogen) atoms. The highest BCUT2D eigenvalue weighted by Crippen LogP contribution is 2.19. The van der Waals surface area contributed by atoms with Crippen molar-refractivity contribution in [3.63, 3.8) is 0 Å². The Morgan fingerprint density at radius 1 is 1.56 bits per heavy atom. The molecule has 0 aliphatic heterocycles. The topological polar surface area (TPSA) is 84.5 Å². The molecule has 78 valence electrons. The van der Waals surface area contributed by atoms with Gasteiger partial charge in [0.25, 0.3) is 0 Å². The first-order valence-corrected chi connectivity index (χ1v) is 4.53. The maximum atomic E-state index is 10.8. The van der Waals surface area contributed by atoms with Crippen molar-refractivity contribution in [2.45, 2.75) is 6.54 Å². The molecule has 0 saturated carbocycles. The lowest BCUT2D eigenvalue weighted by Gasteiger charge is -2.01. The van der Waals surface area contributed by atoms with Crippen LogP contribution in [0.3, 0.4) is 0 Å². The number of aldehydes is 1. The van der Waals surface area contributed by atoms with Gasteiger partial charge in [-0.25, -0.2) is 4.68 Å². The molecular weight excluding hydrogens is 206 g/mol. The Morgan fingerprint density at radius 2 is 2.44 bits per heavy atom. The third kappa shape index (κ3) is 1.66. The lowest BCUT2D eigenvalue weighted by atomic mass is 10.2. The van der Waals surface area contributed by atoms with Gasteiger partial charge in [0.1, 0.15) is 12.2 Å². The monoisotopic (exact) mass is 213 g/mol. The molecule has 2 rings (SSSR count). The van der Waals surface area contributed by atoms with Crippen LogP contribution >= 0.6 is 0 Å². The zero-order chi connectivity index (χ0) is 11.4. The molecule has 0 fully saturated rings. The number of hydrogen-bond acceptors (Lipinski definition) is 5. The summed E-state index contributed by atoms with van der Waals surface area (Å²) in [4.78, 5) is 14.7. The molecule has 0 unspecified atom stereocenters. The average molecular weight is 213 g/mol. The summed E-state index contributed by atoms with van der Waals surface area (Å²) in [5.74, 6) is 0. The van der Waals surface area contributed by atoms with E-state index in [2.05, 4.69) is 15.3 Å². The number of rotatable bonds is 3. The summed E-state index contributed by atoms with van der Waals surface area (Å²) in [6.45, 7) is 0.0467. The molecule has 2 aromatic rings. The van der Waals surface area contributed by atoms with Crippen LogP contribution in [-0.4, -0.2) is 26.3 Å². The van der Waals surface area contributed by atoms with Gasteiger partial charge in [-0.2, -0.15) is 5.26 Å². The van der Waals surface area contributed by atoms with Gasteiger partial charge in [-0.1, -0.05) is 5.21 Å².